The molecule has 0 aromatic carbocycles. The Bertz CT molecular complexity index is 224. The first-order chi connectivity index (χ1) is 4.34. The fourth-order valence-corrected chi connectivity index (χ4v) is 0.676. The Kier molecular flexibility index (Phi) is 1.69. The molecule has 0 saturated carbocycles. The van der Waals surface area contributed by atoms with Crippen molar-refractivity contribution in [3.05, 3.63) is 22.1 Å². The van der Waals surface area contributed by atoms with Crippen LogP contribution in [-0.2, 0) is 6.42 Å². The molecule has 9 heavy (non-hydrogen) atoms. The molecule has 0 aliphatic heterocycles. The zero-order valence-electron chi connectivity index (χ0n) is 4.98. The summed E-state index contributed by atoms with van der Waals surface area (Å²) in [5.41, 5.74) is 5.87. The fourth-order valence-electron chi connectivity index (χ4n) is 0.676. The molecule has 0 unspecified atom stereocenters. The van der Waals surface area contributed by atoms with Crippen molar-refractivity contribution in [2.24, 2.45) is 5.73 Å². The van der Waals surface area contributed by atoms with Gasteiger partial charge in [-0.05, 0) is 13.0 Å². The third kappa shape index (κ3) is 1.20. The van der Waals surface area contributed by atoms with E-state index >= 15 is 0 Å². The van der Waals surface area contributed by atoms with Crippen molar-refractivity contribution in [3.63, 3.8) is 0 Å². The van der Waals surface area contributed by atoms with Crippen LogP contribution in [0.4, 0.5) is 0 Å². The molecule has 1 heterocycles. The Morgan fingerprint density at radius 1 is 1.67 bits per heavy atom. The number of aromatic nitrogens is 2. The zero-order valence-corrected chi connectivity index (χ0v) is 4.98. The molecule has 4 heteroatoms. The van der Waals surface area contributed by atoms with Gasteiger partial charge in [-0.25, -0.2) is 0 Å². The predicted octanol–water partition coefficient (Wildman–Crippen LogP) is -0.796. The van der Waals surface area contributed by atoms with Gasteiger partial charge in [0.25, 0.3) is 5.56 Å². The second-order valence-corrected chi connectivity index (χ2v) is 1.81. The zero-order chi connectivity index (χ0) is 6.69. The van der Waals surface area contributed by atoms with E-state index in [4.69, 9.17) is 5.73 Å². The lowest BCUT2D eigenvalue weighted by Crippen LogP contribution is -2.11. The molecule has 0 atom stereocenters. The van der Waals surface area contributed by atoms with Crippen LogP contribution >= 0.6 is 0 Å². The molecule has 1 aromatic heterocycles. The minimum atomic E-state index is -0.0690. The van der Waals surface area contributed by atoms with Gasteiger partial charge in [0.15, 0.2) is 0 Å². The second-order valence-electron chi connectivity index (χ2n) is 1.81. The average molecular weight is 127 g/mol. The van der Waals surface area contributed by atoms with Crippen molar-refractivity contribution in [3.8, 4) is 0 Å². The summed E-state index contributed by atoms with van der Waals surface area (Å²) in [6.07, 6.45) is 2.27. The normalized spacial score (nSPS) is 9.89. The van der Waals surface area contributed by atoms with Crippen molar-refractivity contribution in [1.82, 2.24) is 10.2 Å². The second kappa shape index (κ2) is 2.50. The lowest BCUT2D eigenvalue weighted by Gasteiger charge is -1.84. The van der Waals surface area contributed by atoms with Crippen LogP contribution < -0.4 is 11.3 Å². The first kappa shape index (κ1) is 6.10. The van der Waals surface area contributed by atoms with Crippen LogP contribution in [0.5, 0.6) is 0 Å². The third-order valence-electron chi connectivity index (χ3n) is 1.14. The lowest BCUT2D eigenvalue weighted by molar-refractivity contribution is 0.959. The summed E-state index contributed by atoms with van der Waals surface area (Å²) in [7, 11) is 0. The molecule has 0 aliphatic carbocycles. The van der Waals surface area contributed by atoms with Crippen LogP contribution in [0.3, 0.4) is 0 Å². The number of rotatable bonds is 2. The lowest BCUT2D eigenvalue weighted by atomic mass is 10.2. The maximum absolute atomic E-state index is 10.7. The monoisotopic (exact) mass is 127 g/mol. The predicted molar refractivity (Wildman–Crippen MR) is 34.2 cm³/mol. The Morgan fingerprint density at radius 3 is 2.89 bits per heavy atom. The van der Waals surface area contributed by atoms with Gasteiger partial charge < -0.3 is 10.8 Å². The molecule has 4 N–H and O–H groups in total. The summed E-state index contributed by atoms with van der Waals surface area (Å²) in [4.78, 5) is 10.7. The molecule has 0 saturated heterocycles. The van der Waals surface area contributed by atoms with E-state index in [-0.39, 0.29) is 5.56 Å². The molecule has 50 valence electrons. The number of hydrogen-bond acceptors (Lipinski definition) is 2. The standard InChI is InChI=1S/C5H9N3O/c6-2-1-4-3-7-8-5(4)9/h3H,1-2,6H2,(H2,7,8,9). The van der Waals surface area contributed by atoms with E-state index < -0.39 is 0 Å². The van der Waals surface area contributed by atoms with Crippen LogP contribution in [0, 0.1) is 0 Å². The number of aromatic amines is 2. The summed E-state index contributed by atoms with van der Waals surface area (Å²) < 4.78 is 0. The molecular formula is C5H9N3O. The van der Waals surface area contributed by atoms with Gasteiger partial charge in [0.05, 0.1) is 0 Å². The highest BCUT2D eigenvalue weighted by atomic mass is 16.1. The number of nitrogens with one attached hydrogen (secondary N) is 2. The fraction of sp³-hybridized carbons (Fsp3) is 0.400. The first-order valence-corrected chi connectivity index (χ1v) is 2.79. The Labute approximate surface area is 52.1 Å². The van der Waals surface area contributed by atoms with Crippen molar-refractivity contribution in [2.75, 3.05) is 6.54 Å². The van der Waals surface area contributed by atoms with Crippen LogP contribution in [0.25, 0.3) is 0 Å². The highest BCUT2D eigenvalue weighted by Gasteiger charge is 1.95. The molecule has 0 amide bonds. The molecule has 0 radical (unpaired) electrons. The van der Waals surface area contributed by atoms with Crippen LogP contribution in [-0.4, -0.2) is 16.7 Å². The maximum atomic E-state index is 10.7. The van der Waals surface area contributed by atoms with Gasteiger partial charge in [0.1, 0.15) is 0 Å². The van der Waals surface area contributed by atoms with Crippen molar-refractivity contribution >= 4 is 0 Å². The van der Waals surface area contributed by atoms with Gasteiger partial charge in [-0.3, -0.25) is 9.89 Å². The SMILES string of the molecule is NCCc1c[nH][nH]c1=O. The van der Waals surface area contributed by atoms with Gasteiger partial charge in [-0.15, -0.1) is 0 Å². The largest absolute Gasteiger partial charge is 0.330 e. The van der Waals surface area contributed by atoms with Crippen LogP contribution in [0.2, 0.25) is 0 Å². The molecule has 0 aliphatic rings. The Balaban J connectivity index is 2.81. The number of hydrogen-bond donors (Lipinski definition) is 3. The summed E-state index contributed by atoms with van der Waals surface area (Å²) >= 11 is 0. The van der Waals surface area contributed by atoms with E-state index in [9.17, 15) is 4.79 Å². The van der Waals surface area contributed by atoms with Gasteiger partial charge in [0, 0.05) is 11.8 Å². The molecule has 0 spiro atoms. The first-order valence-electron chi connectivity index (χ1n) is 2.79. The minimum Gasteiger partial charge on any atom is -0.330 e. The molecule has 1 rings (SSSR count). The van der Waals surface area contributed by atoms with Gasteiger partial charge >= 0.3 is 0 Å². The number of H-pyrrole nitrogens is 2. The molecule has 1 aromatic rings. The third-order valence-corrected chi connectivity index (χ3v) is 1.14. The molecule has 0 fully saturated rings. The maximum Gasteiger partial charge on any atom is 0.267 e. The van der Waals surface area contributed by atoms with E-state index in [0.717, 1.165) is 5.56 Å². The Hall–Kier alpha value is -1.03. The summed E-state index contributed by atoms with van der Waals surface area (Å²) in [5.74, 6) is 0. The Morgan fingerprint density at radius 2 is 2.44 bits per heavy atom. The summed E-state index contributed by atoms with van der Waals surface area (Å²) in [6, 6.07) is 0. The molecular weight excluding hydrogens is 118 g/mol. The van der Waals surface area contributed by atoms with E-state index in [2.05, 4.69) is 10.2 Å². The van der Waals surface area contributed by atoms with Crippen LogP contribution in [0.1, 0.15) is 5.56 Å². The molecule has 0 bridgehead atoms. The van der Waals surface area contributed by atoms with E-state index in [0.29, 0.717) is 13.0 Å². The van der Waals surface area contributed by atoms with Crippen molar-refractivity contribution in [1.29, 1.82) is 0 Å². The highest BCUT2D eigenvalue weighted by molar-refractivity contribution is 5.03. The molecule has 4 nitrogen and oxygen atoms in total. The van der Waals surface area contributed by atoms with Crippen molar-refractivity contribution < 1.29 is 0 Å². The van der Waals surface area contributed by atoms with E-state index in [1.807, 2.05) is 0 Å². The number of nitrogens with two attached hydrogens (primary N) is 1. The highest BCUT2D eigenvalue weighted by Crippen LogP contribution is 1.84. The van der Waals surface area contributed by atoms with Gasteiger partial charge in [-0.1, -0.05) is 0 Å². The minimum absolute atomic E-state index is 0.0690. The quantitative estimate of drug-likeness (QED) is 0.486. The van der Waals surface area contributed by atoms with Crippen molar-refractivity contribution in [2.45, 2.75) is 6.42 Å². The summed E-state index contributed by atoms with van der Waals surface area (Å²) in [5, 5.41) is 5.01. The van der Waals surface area contributed by atoms with Gasteiger partial charge in [0.2, 0.25) is 0 Å². The van der Waals surface area contributed by atoms with Crippen LogP contribution in [0.15, 0.2) is 11.0 Å². The average Bonchev–Trinajstić information content (AvgIpc) is 2.18. The topological polar surface area (TPSA) is 74.7 Å². The van der Waals surface area contributed by atoms with E-state index in [1.165, 1.54) is 0 Å². The van der Waals surface area contributed by atoms with Gasteiger partial charge in [-0.2, -0.15) is 0 Å². The van der Waals surface area contributed by atoms with E-state index in [1.54, 1.807) is 6.20 Å². The smallest absolute Gasteiger partial charge is 0.267 e. The summed E-state index contributed by atoms with van der Waals surface area (Å²) in [6.45, 7) is 0.515.